The van der Waals surface area contributed by atoms with Gasteiger partial charge in [-0.1, -0.05) is 0 Å². The second-order valence-electron chi connectivity index (χ2n) is 5.34. The van der Waals surface area contributed by atoms with Crippen molar-refractivity contribution in [2.45, 2.75) is 31.8 Å². The molecule has 0 radical (unpaired) electrons. The van der Waals surface area contributed by atoms with Crippen LogP contribution in [0.15, 0.2) is 6.07 Å². The van der Waals surface area contributed by atoms with Crippen LogP contribution in [0.4, 0.5) is 4.39 Å². The van der Waals surface area contributed by atoms with E-state index < -0.39 is 0 Å². The fourth-order valence-corrected chi connectivity index (χ4v) is 3.50. The van der Waals surface area contributed by atoms with E-state index in [1.165, 1.54) is 0 Å². The van der Waals surface area contributed by atoms with Gasteiger partial charge in [0.25, 0.3) is 0 Å². The number of nitrogens with one attached hydrogen (secondary N) is 1. The minimum atomic E-state index is -0.0815. The van der Waals surface area contributed by atoms with Crippen LogP contribution >= 0.6 is 0 Å². The molecule has 1 aromatic rings. The van der Waals surface area contributed by atoms with E-state index in [4.69, 9.17) is 0 Å². The van der Waals surface area contributed by atoms with Crippen LogP contribution in [0, 0.1) is 12.7 Å². The van der Waals surface area contributed by atoms with Crippen molar-refractivity contribution < 1.29 is 4.39 Å². The first kappa shape index (κ1) is 11.2. The van der Waals surface area contributed by atoms with Gasteiger partial charge in [0.05, 0.1) is 11.2 Å². The summed E-state index contributed by atoms with van der Waals surface area (Å²) >= 11 is 0. The van der Waals surface area contributed by atoms with Crippen molar-refractivity contribution in [1.82, 2.24) is 14.8 Å². The first-order valence-corrected chi connectivity index (χ1v) is 6.43. The number of aromatic nitrogens is 1. The Morgan fingerprint density at radius 1 is 1.29 bits per heavy atom. The predicted octanol–water partition coefficient (Wildman–Crippen LogP) is 1.46. The topological polar surface area (TPSA) is 20.2 Å². The highest BCUT2D eigenvalue weighted by Crippen LogP contribution is 2.41. The summed E-state index contributed by atoms with van der Waals surface area (Å²) in [6.07, 6.45) is 2.01. The summed E-state index contributed by atoms with van der Waals surface area (Å²) in [5.41, 5.74) is 1.90. The van der Waals surface area contributed by atoms with E-state index in [0.29, 0.717) is 0 Å². The number of nitrogens with zero attached hydrogens (tertiary/aromatic N) is 2. The molecule has 1 aromatic heterocycles. The number of fused-ring (bicyclic) bond motifs is 2. The third-order valence-electron chi connectivity index (χ3n) is 4.52. The number of aryl methyl sites for hydroxylation is 1. The Labute approximate surface area is 102 Å². The molecule has 0 bridgehead atoms. The first-order valence-electron chi connectivity index (χ1n) is 6.43. The first-order chi connectivity index (χ1) is 8.15. The summed E-state index contributed by atoms with van der Waals surface area (Å²) in [7, 11) is 2.14. The number of likely N-dealkylation sites (N-methyl/N-ethyl adjacent to an activating group) is 1. The van der Waals surface area contributed by atoms with Crippen molar-refractivity contribution in [3.63, 3.8) is 0 Å². The van der Waals surface area contributed by atoms with Crippen molar-refractivity contribution in [2.75, 3.05) is 26.7 Å². The average molecular weight is 237 g/mol. The van der Waals surface area contributed by atoms with Crippen molar-refractivity contribution in [3.05, 3.63) is 23.3 Å². The highest BCUT2D eigenvalue weighted by molar-refractivity contribution is 5.28. The maximum Gasteiger partial charge on any atom is 0.146 e. The highest BCUT2D eigenvalue weighted by Gasteiger charge is 2.44. The number of hydrogen-bond donors (Lipinski definition) is 1. The van der Waals surface area contributed by atoms with Gasteiger partial charge < -0.3 is 9.88 Å². The molecule has 2 aliphatic heterocycles. The number of rotatable bonds is 0. The third kappa shape index (κ3) is 1.47. The maximum atomic E-state index is 14.2. The van der Waals surface area contributed by atoms with Crippen LogP contribution in [0.3, 0.4) is 0 Å². The lowest BCUT2D eigenvalue weighted by molar-refractivity contribution is 0.0438. The average Bonchev–Trinajstić information content (AvgIpc) is 2.62. The number of halogens is 1. The zero-order valence-corrected chi connectivity index (χ0v) is 10.6. The quantitative estimate of drug-likeness (QED) is 0.737. The molecule has 4 heteroatoms. The summed E-state index contributed by atoms with van der Waals surface area (Å²) in [5.74, 6) is -0.0176. The fraction of sp³-hybridized carbons (Fsp3) is 0.692. The van der Waals surface area contributed by atoms with Crippen LogP contribution in [0.5, 0.6) is 0 Å². The lowest BCUT2D eigenvalue weighted by Gasteiger charge is -2.48. The van der Waals surface area contributed by atoms with Gasteiger partial charge in [-0.15, -0.1) is 0 Å². The van der Waals surface area contributed by atoms with Crippen molar-refractivity contribution in [1.29, 1.82) is 0 Å². The van der Waals surface area contributed by atoms with E-state index in [1.807, 2.05) is 6.92 Å². The van der Waals surface area contributed by atoms with Gasteiger partial charge in [0, 0.05) is 18.8 Å². The van der Waals surface area contributed by atoms with E-state index in [1.54, 1.807) is 6.07 Å². The molecule has 0 unspecified atom stereocenters. The van der Waals surface area contributed by atoms with E-state index in [9.17, 15) is 4.39 Å². The van der Waals surface area contributed by atoms with Gasteiger partial charge in [0.15, 0.2) is 0 Å². The maximum absolute atomic E-state index is 14.2. The molecule has 1 spiro atoms. The highest BCUT2D eigenvalue weighted by atomic mass is 19.1. The molecule has 94 valence electrons. The van der Waals surface area contributed by atoms with Gasteiger partial charge in [0.2, 0.25) is 0 Å². The normalized spacial score (nSPS) is 23.9. The van der Waals surface area contributed by atoms with Gasteiger partial charge in [-0.25, -0.2) is 4.39 Å². The smallest absolute Gasteiger partial charge is 0.146 e. The number of hydrogen-bond acceptors (Lipinski definition) is 2. The molecule has 0 aliphatic carbocycles. The van der Waals surface area contributed by atoms with Gasteiger partial charge in [0.1, 0.15) is 5.82 Å². The van der Waals surface area contributed by atoms with E-state index in [2.05, 4.69) is 21.8 Å². The third-order valence-corrected chi connectivity index (χ3v) is 4.52. The summed E-state index contributed by atoms with van der Waals surface area (Å²) in [6.45, 7) is 5.90. The number of piperidine rings is 1. The van der Waals surface area contributed by atoms with Crippen LogP contribution in [0.2, 0.25) is 0 Å². The molecule has 1 N–H and O–H groups in total. The zero-order chi connectivity index (χ0) is 12.0. The zero-order valence-electron chi connectivity index (χ0n) is 10.6. The Kier molecular flexibility index (Phi) is 2.52. The van der Waals surface area contributed by atoms with E-state index in [0.717, 1.165) is 50.4 Å². The van der Waals surface area contributed by atoms with Gasteiger partial charge in [-0.2, -0.15) is 0 Å². The summed E-state index contributed by atoms with van der Waals surface area (Å²) in [4.78, 5) is 2.35. The van der Waals surface area contributed by atoms with Gasteiger partial charge >= 0.3 is 0 Å². The fourth-order valence-electron chi connectivity index (χ4n) is 3.50. The van der Waals surface area contributed by atoms with Crippen molar-refractivity contribution in [3.8, 4) is 0 Å². The van der Waals surface area contributed by atoms with Crippen LogP contribution < -0.4 is 5.32 Å². The molecule has 1 fully saturated rings. The van der Waals surface area contributed by atoms with Gasteiger partial charge in [-0.3, -0.25) is 4.90 Å². The lowest BCUT2D eigenvalue weighted by Crippen LogP contribution is -2.55. The molecule has 2 aliphatic rings. The Morgan fingerprint density at radius 2 is 2.00 bits per heavy atom. The van der Waals surface area contributed by atoms with E-state index >= 15 is 0 Å². The minimum absolute atomic E-state index is 0.0176. The molecule has 3 nitrogen and oxygen atoms in total. The molecular weight excluding hydrogens is 217 g/mol. The second kappa shape index (κ2) is 3.82. The Hall–Kier alpha value is -0.870. The summed E-state index contributed by atoms with van der Waals surface area (Å²) < 4.78 is 16.4. The Morgan fingerprint density at radius 3 is 2.71 bits per heavy atom. The molecular formula is C13H20FN3. The molecule has 3 heterocycles. The largest absolute Gasteiger partial charge is 0.343 e. The molecule has 3 rings (SSSR count). The molecule has 1 saturated heterocycles. The van der Waals surface area contributed by atoms with Crippen LogP contribution in [-0.4, -0.2) is 36.1 Å². The minimum Gasteiger partial charge on any atom is -0.343 e. The summed E-state index contributed by atoms with van der Waals surface area (Å²) in [6, 6.07) is 1.69. The van der Waals surface area contributed by atoms with Crippen molar-refractivity contribution in [2.24, 2.45) is 0 Å². The Balaban J connectivity index is 2.15. The molecule has 0 saturated carbocycles. The van der Waals surface area contributed by atoms with Crippen LogP contribution in [0.25, 0.3) is 0 Å². The monoisotopic (exact) mass is 237 g/mol. The summed E-state index contributed by atoms with van der Waals surface area (Å²) in [5, 5.41) is 3.38. The SMILES string of the molecule is Cc1cc(F)c2n1CCN(C)C21CCNCC1. The standard InChI is InChI=1S/C13H20FN3/c1-10-9-11(14)12-13(3-5-15-6-4-13)16(2)7-8-17(10)12/h9,15H,3-8H2,1-2H3. The van der Waals surface area contributed by atoms with Gasteiger partial charge in [-0.05, 0) is 46.0 Å². The second-order valence-corrected chi connectivity index (χ2v) is 5.34. The van der Waals surface area contributed by atoms with Crippen LogP contribution in [-0.2, 0) is 12.1 Å². The van der Waals surface area contributed by atoms with E-state index in [-0.39, 0.29) is 11.4 Å². The molecule has 0 aromatic carbocycles. The molecule has 17 heavy (non-hydrogen) atoms. The van der Waals surface area contributed by atoms with Crippen LogP contribution in [0.1, 0.15) is 24.2 Å². The molecule has 0 atom stereocenters. The lowest BCUT2D eigenvalue weighted by atomic mass is 9.82. The van der Waals surface area contributed by atoms with Crippen molar-refractivity contribution >= 4 is 0 Å². The Bertz CT molecular complexity index is 432. The predicted molar refractivity (Wildman–Crippen MR) is 65.5 cm³/mol. The molecule has 0 amide bonds.